The van der Waals surface area contributed by atoms with Crippen LogP contribution >= 0.6 is 11.6 Å². The second-order valence-corrected chi connectivity index (χ2v) is 7.65. The van der Waals surface area contributed by atoms with Crippen LogP contribution in [0.3, 0.4) is 0 Å². The molecular formula is C21H22ClNO4. The summed E-state index contributed by atoms with van der Waals surface area (Å²) in [7, 11) is 0. The molecule has 2 unspecified atom stereocenters. The van der Waals surface area contributed by atoms with Crippen LogP contribution in [0.4, 0.5) is 4.79 Å². The number of benzene rings is 2. The molecule has 2 N–H and O–H groups in total. The fraction of sp³-hybridized carbons (Fsp3) is 0.333. The molecule has 2 aromatic rings. The lowest BCUT2D eigenvalue weighted by atomic mass is 9.79. The molecule has 5 nitrogen and oxygen atoms in total. The van der Waals surface area contributed by atoms with Gasteiger partial charge in [-0.15, -0.1) is 0 Å². The normalized spacial score (nSPS) is 16.8. The lowest BCUT2D eigenvalue weighted by molar-refractivity contribution is -0.140. The third-order valence-electron chi connectivity index (χ3n) is 5.08. The topological polar surface area (TPSA) is 75.6 Å². The smallest absolute Gasteiger partial charge is 0.408 e. The number of carboxylic acids is 1. The van der Waals surface area contributed by atoms with Gasteiger partial charge in [0.25, 0.3) is 0 Å². The summed E-state index contributed by atoms with van der Waals surface area (Å²) in [5, 5.41) is 12.9. The second kappa shape index (κ2) is 8.01. The maximum Gasteiger partial charge on any atom is 0.408 e. The highest BCUT2D eigenvalue weighted by Gasteiger charge is 2.51. The number of hydrogen-bond donors (Lipinski definition) is 2. The Bertz CT molecular complexity index is 820. The minimum atomic E-state index is -1.10. The number of rotatable bonds is 7. The Labute approximate surface area is 163 Å². The SMILES string of the molecule is CC1(C(c2cccc(Cl)c2)C(NC(=O)OCc2ccccc2)C(=O)O)CC1. The van der Waals surface area contributed by atoms with E-state index in [0.29, 0.717) is 5.02 Å². The Morgan fingerprint density at radius 2 is 1.89 bits per heavy atom. The standard InChI is InChI=1S/C21H22ClNO4/c1-21(10-11-21)17(15-8-5-9-16(22)12-15)18(19(24)25)23-20(26)27-13-14-6-3-2-4-7-14/h2-9,12,17-18H,10-11,13H2,1H3,(H,23,26)(H,24,25). The predicted molar refractivity (Wildman–Crippen MR) is 103 cm³/mol. The number of nitrogens with one attached hydrogen (secondary N) is 1. The van der Waals surface area contributed by atoms with Crippen molar-refractivity contribution >= 4 is 23.7 Å². The highest BCUT2D eigenvalue weighted by molar-refractivity contribution is 6.30. The molecule has 27 heavy (non-hydrogen) atoms. The van der Waals surface area contributed by atoms with E-state index in [0.717, 1.165) is 24.0 Å². The van der Waals surface area contributed by atoms with E-state index in [2.05, 4.69) is 5.32 Å². The van der Waals surface area contributed by atoms with E-state index in [1.165, 1.54) is 0 Å². The fourth-order valence-corrected chi connectivity index (χ4v) is 3.58. The van der Waals surface area contributed by atoms with Gasteiger partial charge in [0.1, 0.15) is 12.6 Å². The van der Waals surface area contributed by atoms with Gasteiger partial charge in [0.15, 0.2) is 0 Å². The van der Waals surface area contributed by atoms with Crippen LogP contribution in [0.15, 0.2) is 54.6 Å². The minimum absolute atomic E-state index is 0.0815. The number of carbonyl (C=O) groups is 2. The number of carboxylic acid groups (broad SMARTS) is 1. The molecule has 2 atom stereocenters. The molecule has 3 rings (SSSR count). The van der Waals surface area contributed by atoms with E-state index in [4.69, 9.17) is 16.3 Å². The Morgan fingerprint density at radius 3 is 2.48 bits per heavy atom. The van der Waals surface area contributed by atoms with Gasteiger partial charge in [0.2, 0.25) is 0 Å². The zero-order valence-electron chi connectivity index (χ0n) is 15.0. The van der Waals surface area contributed by atoms with Crippen molar-refractivity contribution in [1.29, 1.82) is 0 Å². The summed E-state index contributed by atoms with van der Waals surface area (Å²) in [4.78, 5) is 24.2. The lowest BCUT2D eigenvalue weighted by Crippen LogP contribution is -2.47. The highest BCUT2D eigenvalue weighted by atomic mass is 35.5. The summed E-state index contributed by atoms with van der Waals surface area (Å²) in [5.41, 5.74) is 1.44. The molecule has 0 aliphatic heterocycles. The first-order valence-electron chi connectivity index (χ1n) is 8.84. The summed E-state index contributed by atoms with van der Waals surface area (Å²) in [5.74, 6) is -1.48. The first kappa shape index (κ1) is 19.2. The van der Waals surface area contributed by atoms with Gasteiger partial charge in [-0.2, -0.15) is 0 Å². The van der Waals surface area contributed by atoms with Crippen molar-refractivity contribution in [1.82, 2.24) is 5.32 Å². The van der Waals surface area contributed by atoms with Crippen LogP contribution in [0.5, 0.6) is 0 Å². The van der Waals surface area contributed by atoms with Crippen molar-refractivity contribution in [3.8, 4) is 0 Å². The van der Waals surface area contributed by atoms with Crippen molar-refractivity contribution in [3.63, 3.8) is 0 Å². The first-order valence-corrected chi connectivity index (χ1v) is 9.22. The monoisotopic (exact) mass is 387 g/mol. The molecule has 0 heterocycles. The molecule has 0 saturated heterocycles. The third kappa shape index (κ3) is 4.80. The van der Waals surface area contributed by atoms with Crippen molar-refractivity contribution in [3.05, 3.63) is 70.7 Å². The van der Waals surface area contributed by atoms with Gasteiger partial charge in [-0.25, -0.2) is 9.59 Å². The van der Waals surface area contributed by atoms with Crippen LogP contribution in [-0.2, 0) is 16.1 Å². The molecule has 1 aliphatic carbocycles. The molecule has 2 aromatic carbocycles. The minimum Gasteiger partial charge on any atom is -0.480 e. The van der Waals surface area contributed by atoms with E-state index in [-0.39, 0.29) is 12.0 Å². The zero-order valence-corrected chi connectivity index (χ0v) is 15.8. The van der Waals surface area contributed by atoms with Crippen molar-refractivity contribution < 1.29 is 19.4 Å². The number of amides is 1. The van der Waals surface area contributed by atoms with Gasteiger partial charge in [-0.3, -0.25) is 0 Å². The number of halogens is 1. The van der Waals surface area contributed by atoms with E-state index >= 15 is 0 Å². The maximum absolute atomic E-state index is 12.3. The second-order valence-electron chi connectivity index (χ2n) is 7.21. The van der Waals surface area contributed by atoms with Crippen molar-refractivity contribution in [2.45, 2.75) is 38.3 Å². The number of hydrogen-bond acceptors (Lipinski definition) is 3. The van der Waals surface area contributed by atoms with Crippen LogP contribution in [0, 0.1) is 5.41 Å². The molecule has 0 aromatic heterocycles. The number of ether oxygens (including phenoxy) is 1. The van der Waals surface area contributed by atoms with Crippen LogP contribution in [0.2, 0.25) is 5.02 Å². The quantitative estimate of drug-likeness (QED) is 0.727. The molecule has 1 amide bonds. The Hall–Kier alpha value is -2.53. The van der Waals surface area contributed by atoms with E-state index in [1.807, 2.05) is 43.3 Å². The van der Waals surface area contributed by atoms with Crippen LogP contribution in [0.1, 0.15) is 36.8 Å². The van der Waals surface area contributed by atoms with Gasteiger partial charge < -0.3 is 15.2 Å². The molecular weight excluding hydrogens is 366 g/mol. The molecule has 1 saturated carbocycles. The van der Waals surface area contributed by atoms with Gasteiger partial charge >= 0.3 is 12.1 Å². The molecule has 142 valence electrons. The van der Waals surface area contributed by atoms with Gasteiger partial charge in [0.05, 0.1) is 0 Å². The van der Waals surface area contributed by atoms with Gasteiger partial charge in [-0.05, 0) is 41.5 Å². The van der Waals surface area contributed by atoms with Gasteiger partial charge in [0, 0.05) is 10.9 Å². The lowest BCUT2D eigenvalue weighted by Gasteiger charge is -2.30. The molecule has 0 bridgehead atoms. The molecule has 0 spiro atoms. The highest BCUT2D eigenvalue weighted by Crippen LogP contribution is 2.57. The average molecular weight is 388 g/mol. The maximum atomic E-state index is 12.3. The summed E-state index contributed by atoms with van der Waals surface area (Å²) < 4.78 is 5.21. The number of alkyl carbamates (subject to hydrolysis) is 1. The Balaban J connectivity index is 1.76. The summed E-state index contributed by atoms with van der Waals surface area (Å²) in [6.45, 7) is 2.11. The predicted octanol–water partition coefficient (Wildman–Crippen LogP) is 4.60. The third-order valence-corrected chi connectivity index (χ3v) is 5.32. The summed E-state index contributed by atoms with van der Waals surface area (Å²) in [6.07, 6.45) is 1.05. The summed E-state index contributed by atoms with van der Waals surface area (Å²) in [6, 6.07) is 15.3. The number of carbonyl (C=O) groups excluding carboxylic acids is 1. The van der Waals surface area contributed by atoms with Crippen molar-refractivity contribution in [2.24, 2.45) is 5.41 Å². The summed E-state index contributed by atoms with van der Waals surface area (Å²) >= 11 is 6.11. The zero-order chi connectivity index (χ0) is 19.4. The largest absolute Gasteiger partial charge is 0.480 e. The molecule has 0 radical (unpaired) electrons. The number of aliphatic carboxylic acids is 1. The van der Waals surface area contributed by atoms with E-state index in [1.54, 1.807) is 18.2 Å². The van der Waals surface area contributed by atoms with Crippen LogP contribution in [0.25, 0.3) is 0 Å². The Morgan fingerprint density at radius 1 is 1.19 bits per heavy atom. The average Bonchev–Trinajstić information content (AvgIpc) is 3.38. The molecule has 1 aliphatic rings. The Kier molecular flexibility index (Phi) is 5.71. The molecule has 1 fully saturated rings. The van der Waals surface area contributed by atoms with E-state index in [9.17, 15) is 14.7 Å². The van der Waals surface area contributed by atoms with Gasteiger partial charge in [-0.1, -0.05) is 61.0 Å². The first-order chi connectivity index (χ1) is 12.9. The fourth-order valence-electron chi connectivity index (χ4n) is 3.38. The molecule has 6 heteroatoms. The van der Waals surface area contributed by atoms with Crippen LogP contribution < -0.4 is 5.32 Å². The van der Waals surface area contributed by atoms with E-state index < -0.39 is 24.0 Å². The van der Waals surface area contributed by atoms with Crippen molar-refractivity contribution in [2.75, 3.05) is 0 Å². The van der Waals surface area contributed by atoms with Crippen LogP contribution in [-0.4, -0.2) is 23.2 Å².